The number of nitro benzene ring substituents is 1. The first kappa shape index (κ1) is 29.5. The number of hydrogen-bond acceptors (Lipinski definition) is 8. The van der Waals surface area contributed by atoms with Crippen LogP contribution < -0.4 is 29.2 Å². The molecule has 11 heteroatoms. The van der Waals surface area contributed by atoms with Crippen molar-refractivity contribution in [2.75, 3.05) is 58.3 Å². The molecule has 0 unspecified atom stereocenters. The lowest BCUT2D eigenvalue weighted by molar-refractivity contribution is -0.384. The van der Waals surface area contributed by atoms with Crippen molar-refractivity contribution in [3.05, 3.63) is 76.3 Å². The lowest BCUT2D eigenvalue weighted by Gasteiger charge is -2.38. The molecule has 11 nitrogen and oxygen atoms in total. The van der Waals surface area contributed by atoms with Gasteiger partial charge in [0.05, 0.1) is 33.4 Å². The zero-order chi connectivity index (χ0) is 29.4. The van der Waals surface area contributed by atoms with Crippen molar-refractivity contribution < 1.29 is 28.7 Å². The summed E-state index contributed by atoms with van der Waals surface area (Å²) in [6.45, 7) is 2.53. The van der Waals surface area contributed by atoms with Gasteiger partial charge in [0.15, 0.2) is 23.0 Å². The van der Waals surface area contributed by atoms with E-state index in [0.29, 0.717) is 34.4 Å². The summed E-state index contributed by atoms with van der Waals surface area (Å²) in [5, 5.41) is 13.9. The van der Waals surface area contributed by atoms with Crippen molar-refractivity contribution in [2.45, 2.75) is 25.3 Å². The Bertz CT molecular complexity index is 1340. The summed E-state index contributed by atoms with van der Waals surface area (Å²) in [4.78, 5) is 28.4. The topological polar surface area (TPSA) is 116 Å². The van der Waals surface area contributed by atoms with E-state index in [4.69, 9.17) is 18.9 Å². The Kier molecular flexibility index (Phi) is 9.86. The van der Waals surface area contributed by atoms with Crippen LogP contribution in [0.5, 0.6) is 23.0 Å². The Labute approximate surface area is 239 Å². The van der Waals surface area contributed by atoms with Crippen LogP contribution >= 0.6 is 0 Å². The summed E-state index contributed by atoms with van der Waals surface area (Å²) in [6.07, 6.45) is 2.41. The van der Waals surface area contributed by atoms with Gasteiger partial charge in [0.2, 0.25) is 0 Å². The predicted molar refractivity (Wildman–Crippen MR) is 157 cm³/mol. The molecule has 3 aromatic carbocycles. The van der Waals surface area contributed by atoms with E-state index in [1.807, 2.05) is 18.2 Å². The van der Waals surface area contributed by atoms with Crippen LogP contribution in [0.2, 0.25) is 0 Å². The van der Waals surface area contributed by atoms with Crippen LogP contribution in [-0.2, 0) is 6.42 Å². The standard InChI is InChI=1S/C30H36N4O7/c1-38-26-11-5-21(19-28(26)40-3)13-16-32-17-14-23(15-18-32)33(25-10-12-27(39-2)29(20-25)41-4)30(35)31-22-6-8-24(9-7-22)34(36)37/h5-12,19-20,23H,13-18H2,1-4H3,(H,31,35). The van der Waals surface area contributed by atoms with Gasteiger partial charge >= 0.3 is 6.03 Å². The lowest BCUT2D eigenvalue weighted by Crippen LogP contribution is -2.49. The van der Waals surface area contributed by atoms with Gasteiger partial charge in [-0.2, -0.15) is 0 Å². The first-order chi connectivity index (χ1) is 19.9. The van der Waals surface area contributed by atoms with Gasteiger partial charge < -0.3 is 29.2 Å². The van der Waals surface area contributed by atoms with Gasteiger partial charge in [0, 0.05) is 55.2 Å². The quantitative estimate of drug-likeness (QED) is 0.244. The Balaban J connectivity index is 1.47. The number of rotatable bonds is 11. The molecule has 1 heterocycles. The fraction of sp³-hybridized carbons (Fsp3) is 0.367. The number of carbonyl (C=O) groups is 1. The Hall–Kier alpha value is -4.51. The molecular formula is C30H36N4O7. The second-order valence-corrected chi connectivity index (χ2v) is 9.66. The monoisotopic (exact) mass is 564 g/mol. The molecule has 0 saturated carbocycles. The highest BCUT2D eigenvalue weighted by atomic mass is 16.6. The largest absolute Gasteiger partial charge is 0.493 e. The molecule has 41 heavy (non-hydrogen) atoms. The second-order valence-electron chi connectivity index (χ2n) is 9.66. The lowest BCUT2D eigenvalue weighted by atomic mass is 10.0. The molecule has 3 aromatic rings. The SMILES string of the molecule is COc1ccc(CCN2CCC(N(C(=O)Nc3ccc([N+](=O)[O-])cc3)c3ccc(OC)c(OC)c3)CC2)cc1OC. The van der Waals surface area contributed by atoms with E-state index in [9.17, 15) is 14.9 Å². The minimum atomic E-state index is -0.472. The summed E-state index contributed by atoms with van der Waals surface area (Å²) in [5.41, 5.74) is 2.27. The Morgan fingerprint density at radius 3 is 2.05 bits per heavy atom. The van der Waals surface area contributed by atoms with Crippen molar-refractivity contribution >= 4 is 23.1 Å². The number of likely N-dealkylation sites (tertiary alicyclic amines) is 1. The van der Waals surface area contributed by atoms with E-state index in [1.165, 1.54) is 29.8 Å². The first-order valence-electron chi connectivity index (χ1n) is 13.4. The highest BCUT2D eigenvalue weighted by Gasteiger charge is 2.30. The molecule has 0 spiro atoms. The predicted octanol–water partition coefficient (Wildman–Crippen LogP) is 5.37. The van der Waals surface area contributed by atoms with Gasteiger partial charge in [0.25, 0.3) is 5.69 Å². The number of hydrogen-bond donors (Lipinski definition) is 1. The number of urea groups is 1. The number of ether oxygens (including phenoxy) is 4. The summed E-state index contributed by atoms with van der Waals surface area (Å²) < 4.78 is 21.7. The number of amides is 2. The van der Waals surface area contributed by atoms with Crippen molar-refractivity contribution in [1.29, 1.82) is 0 Å². The van der Waals surface area contributed by atoms with Gasteiger partial charge in [-0.25, -0.2) is 4.79 Å². The van der Waals surface area contributed by atoms with Crippen LogP contribution in [-0.4, -0.2) is 70.0 Å². The van der Waals surface area contributed by atoms with E-state index in [-0.39, 0.29) is 17.8 Å². The van der Waals surface area contributed by atoms with E-state index < -0.39 is 4.92 Å². The molecule has 0 aliphatic carbocycles. The molecule has 0 bridgehead atoms. The number of nitro groups is 1. The fourth-order valence-corrected chi connectivity index (χ4v) is 5.04. The smallest absolute Gasteiger partial charge is 0.326 e. The number of benzene rings is 3. The van der Waals surface area contributed by atoms with Crippen molar-refractivity contribution in [1.82, 2.24) is 4.90 Å². The molecule has 1 aliphatic rings. The molecule has 1 saturated heterocycles. The van der Waals surface area contributed by atoms with Crippen molar-refractivity contribution in [2.24, 2.45) is 0 Å². The van der Waals surface area contributed by atoms with E-state index in [1.54, 1.807) is 45.5 Å². The summed E-state index contributed by atoms with van der Waals surface area (Å²) in [5.74, 6) is 2.51. The Morgan fingerprint density at radius 1 is 0.878 bits per heavy atom. The number of non-ortho nitro benzene ring substituents is 1. The third kappa shape index (κ3) is 7.17. The third-order valence-electron chi connectivity index (χ3n) is 7.28. The maximum Gasteiger partial charge on any atom is 0.326 e. The average Bonchev–Trinajstić information content (AvgIpc) is 3.00. The zero-order valence-electron chi connectivity index (χ0n) is 23.8. The van der Waals surface area contributed by atoms with Crippen LogP contribution in [0.15, 0.2) is 60.7 Å². The molecule has 4 rings (SSSR count). The van der Waals surface area contributed by atoms with Gasteiger partial charge in [-0.15, -0.1) is 0 Å². The summed E-state index contributed by atoms with van der Waals surface area (Å²) in [6, 6.07) is 16.8. The first-order valence-corrected chi connectivity index (χ1v) is 13.4. The molecule has 1 aliphatic heterocycles. The maximum absolute atomic E-state index is 13.7. The van der Waals surface area contributed by atoms with Crippen molar-refractivity contribution in [3.63, 3.8) is 0 Å². The molecule has 0 atom stereocenters. The summed E-state index contributed by atoms with van der Waals surface area (Å²) in [7, 11) is 6.38. The fourth-order valence-electron chi connectivity index (χ4n) is 5.04. The van der Waals surface area contributed by atoms with Gasteiger partial charge in [-0.1, -0.05) is 6.07 Å². The average molecular weight is 565 g/mol. The highest BCUT2D eigenvalue weighted by Crippen LogP contribution is 2.34. The number of nitrogens with one attached hydrogen (secondary N) is 1. The second kappa shape index (κ2) is 13.7. The van der Waals surface area contributed by atoms with Crippen LogP contribution in [0.1, 0.15) is 18.4 Å². The van der Waals surface area contributed by atoms with E-state index in [2.05, 4.69) is 16.3 Å². The van der Waals surface area contributed by atoms with Gasteiger partial charge in [0.1, 0.15) is 0 Å². The van der Waals surface area contributed by atoms with Gasteiger partial charge in [-0.3, -0.25) is 15.0 Å². The highest BCUT2D eigenvalue weighted by molar-refractivity contribution is 6.02. The van der Waals surface area contributed by atoms with E-state index >= 15 is 0 Å². The molecule has 0 radical (unpaired) electrons. The number of methoxy groups -OCH3 is 4. The number of carbonyl (C=O) groups excluding carboxylic acids is 1. The van der Waals surface area contributed by atoms with Crippen LogP contribution in [0.25, 0.3) is 0 Å². The van der Waals surface area contributed by atoms with E-state index in [0.717, 1.165) is 38.9 Å². The Morgan fingerprint density at radius 2 is 1.46 bits per heavy atom. The van der Waals surface area contributed by atoms with Crippen LogP contribution in [0.4, 0.5) is 21.9 Å². The van der Waals surface area contributed by atoms with Crippen molar-refractivity contribution in [3.8, 4) is 23.0 Å². The number of piperidine rings is 1. The third-order valence-corrected chi connectivity index (χ3v) is 7.28. The number of nitrogens with zero attached hydrogens (tertiary/aromatic N) is 3. The van der Waals surface area contributed by atoms with Gasteiger partial charge in [-0.05, 0) is 61.2 Å². The molecule has 218 valence electrons. The minimum Gasteiger partial charge on any atom is -0.493 e. The normalized spacial score (nSPS) is 13.8. The summed E-state index contributed by atoms with van der Waals surface area (Å²) >= 11 is 0. The molecule has 1 fully saturated rings. The minimum absolute atomic E-state index is 0.0415. The number of anilines is 2. The molecule has 2 amide bonds. The zero-order valence-corrected chi connectivity index (χ0v) is 23.8. The molecule has 1 N–H and O–H groups in total. The van der Waals surface area contributed by atoms with Crippen LogP contribution in [0.3, 0.4) is 0 Å². The maximum atomic E-state index is 13.7. The molecular weight excluding hydrogens is 528 g/mol. The van der Waals surface area contributed by atoms with Crippen LogP contribution in [0, 0.1) is 10.1 Å². The molecule has 0 aromatic heterocycles.